The second-order valence-electron chi connectivity index (χ2n) is 4.41. The van der Waals surface area contributed by atoms with E-state index in [1.807, 2.05) is 13.8 Å². The second kappa shape index (κ2) is 7.59. The minimum Gasteiger partial charge on any atom is -0.480 e. The Morgan fingerprint density at radius 2 is 2.20 bits per heavy atom. The highest BCUT2D eigenvalue weighted by atomic mass is 32.1. The van der Waals surface area contributed by atoms with Gasteiger partial charge in [-0.25, -0.2) is 4.79 Å². The number of carbonyl (C=O) groups excluding carboxylic acids is 1. The molecule has 0 aliphatic carbocycles. The summed E-state index contributed by atoms with van der Waals surface area (Å²) in [7, 11) is 0. The molecule has 0 radical (unpaired) electrons. The zero-order valence-corrected chi connectivity index (χ0v) is 12.3. The summed E-state index contributed by atoms with van der Waals surface area (Å²) in [6, 6.07) is -0.464. The van der Waals surface area contributed by atoms with Crippen molar-refractivity contribution in [1.29, 1.82) is 0 Å². The predicted molar refractivity (Wildman–Crippen MR) is 75.6 cm³/mol. The smallest absolute Gasteiger partial charge is 0.323 e. The number of urea groups is 1. The van der Waals surface area contributed by atoms with Crippen LogP contribution in [-0.2, 0) is 11.3 Å². The van der Waals surface area contributed by atoms with Crippen LogP contribution in [0.5, 0.6) is 0 Å². The Morgan fingerprint density at radius 3 is 2.70 bits per heavy atom. The van der Waals surface area contributed by atoms with Crippen molar-refractivity contribution in [1.82, 2.24) is 20.4 Å². The van der Waals surface area contributed by atoms with Gasteiger partial charge in [0.15, 0.2) is 0 Å². The molecule has 110 valence electrons. The van der Waals surface area contributed by atoms with Crippen LogP contribution in [0.15, 0.2) is 12.7 Å². The number of rotatable bonds is 7. The molecule has 0 atom stereocenters. The van der Waals surface area contributed by atoms with Gasteiger partial charge >= 0.3 is 12.0 Å². The Hall–Kier alpha value is -1.96. The van der Waals surface area contributed by atoms with Crippen molar-refractivity contribution in [2.45, 2.75) is 26.3 Å². The second-order valence-corrected chi connectivity index (χ2v) is 5.50. The number of nitrogens with one attached hydrogen (secondary N) is 1. The van der Waals surface area contributed by atoms with Gasteiger partial charge in [0.2, 0.25) is 0 Å². The molecule has 1 aromatic heterocycles. The molecule has 7 nitrogen and oxygen atoms in total. The lowest BCUT2D eigenvalue weighted by atomic mass is 10.2. The minimum atomic E-state index is -1.07. The van der Waals surface area contributed by atoms with Crippen molar-refractivity contribution in [3.63, 3.8) is 0 Å². The molecule has 8 heteroatoms. The van der Waals surface area contributed by atoms with Crippen LogP contribution in [0, 0.1) is 0 Å². The Morgan fingerprint density at radius 1 is 1.50 bits per heavy atom. The standard InChI is InChI=1S/C12H18N4O3S/c1-4-5-16(7-10(17)18)12(19)13-6-9-14-15-11(20-9)8(2)3/h4,8H,1,5-7H2,2-3H3,(H,13,19)(H,17,18). The van der Waals surface area contributed by atoms with E-state index in [2.05, 4.69) is 22.1 Å². The third-order valence-electron chi connectivity index (χ3n) is 2.33. The Kier molecular flexibility index (Phi) is 6.10. The maximum absolute atomic E-state index is 11.8. The van der Waals surface area contributed by atoms with Crippen LogP contribution in [0.2, 0.25) is 0 Å². The summed E-state index contributed by atoms with van der Waals surface area (Å²) in [5.74, 6) is -0.777. The highest BCUT2D eigenvalue weighted by Gasteiger charge is 2.16. The first-order chi connectivity index (χ1) is 9.43. The fourth-order valence-electron chi connectivity index (χ4n) is 1.37. The van der Waals surface area contributed by atoms with Gasteiger partial charge in [-0.3, -0.25) is 4.79 Å². The lowest BCUT2D eigenvalue weighted by Gasteiger charge is -2.18. The van der Waals surface area contributed by atoms with Crippen molar-refractivity contribution in [2.24, 2.45) is 0 Å². The van der Waals surface area contributed by atoms with Gasteiger partial charge in [0.1, 0.15) is 16.6 Å². The predicted octanol–water partition coefficient (Wildman–Crippen LogP) is 1.44. The first-order valence-electron chi connectivity index (χ1n) is 6.11. The molecule has 0 aliphatic rings. The highest BCUT2D eigenvalue weighted by molar-refractivity contribution is 7.11. The first-order valence-corrected chi connectivity index (χ1v) is 6.93. The molecule has 0 aliphatic heterocycles. The molecule has 0 unspecified atom stereocenters. The van der Waals surface area contributed by atoms with Gasteiger partial charge in [0.05, 0.1) is 6.54 Å². The normalized spacial score (nSPS) is 10.3. The van der Waals surface area contributed by atoms with Crippen LogP contribution in [0.1, 0.15) is 29.8 Å². The van der Waals surface area contributed by atoms with Crippen molar-refractivity contribution in [2.75, 3.05) is 13.1 Å². The van der Waals surface area contributed by atoms with Crippen molar-refractivity contribution < 1.29 is 14.7 Å². The fraction of sp³-hybridized carbons (Fsp3) is 0.500. The molecule has 1 heterocycles. The van der Waals surface area contributed by atoms with Crippen LogP contribution in [-0.4, -0.2) is 45.3 Å². The molecule has 2 amide bonds. The summed E-state index contributed by atoms with van der Waals surface area (Å²) in [4.78, 5) is 23.7. The van der Waals surface area contributed by atoms with Gasteiger partial charge in [-0.15, -0.1) is 16.8 Å². The lowest BCUT2D eigenvalue weighted by Crippen LogP contribution is -2.42. The molecular weight excluding hydrogens is 280 g/mol. The summed E-state index contributed by atoms with van der Waals surface area (Å²) in [6.45, 7) is 7.56. The number of aliphatic carboxylic acids is 1. The number of aromatic nitrogens is 2. The van der Waals surface area contributed by atoms with Gasteiger partial charge in [-0.2, -0.15) is 0 Å². The third kappa shape index (κ3) is 4.96. The topological polar surface area (TPSA) is 95.4 Å². The number of carboxylic acids is 1. The van der Waals surface area contributed by atoms with E-state index >= 15 is 0 Å². The Bertz CT molecular complexity index is 487. The molecule has 0 saturated carbocycles. The van der Waals surface area contributed by atoms with E-state index in [4.69, 9.17) is 5.11 Å². The fourth-order valence-corrected chi connectivity index (χ4v) is 2.16. The summed E-state index contributed by atoms with van der Waals surface area (Å²) in [6.07, 6.45) is 1.48. The molecule has 1 rings (SSSR count). The molecule has 0 saturated heterocycles. The number of amides is 2. The van der Waals surface area contributed by atoms with E-state index in [0.717, 1.165) is 9.91 Å². The first kappa shape index (κ1) is 16.1. The van der Waals surface area contributed by atoms with Gasteiger partial charge in [-0.1, -0.05) is 31.3 Å². The zero-order chi connectivity index (χ0) is 15.1. The van der Waals surface area contributed by atoms with Crippen LogP contribution in [0.3, 0.4) is 0 Å². The average Bonchev–Trinajstić information content (AvgIpc) is 2.84. The number of carboxylic acid groups (broad SMARTS) is 1. The molecule has 2 N–H and O–H groups in total. The minimum absolute atomic E-state index is 0.172. The van der Waals surface area contributed by atoms with Crippen LogP contribution >= 0.6 is 11.3 Å². The molecule has 1 aromatic rings. The van der Waals surface area contributed by atoms with Crippen molar-refractivity contribution in [3.05, 3.63) is 22.7 Å². The van der Waals surface area contributed by atoms with Crippen LogP contribution < -0.4 is 5.32 Å². The SMILES string of the molecule is C=CCN(CC(=O)O)C(=O)NCc1nnc(C(C)C)s1. The summed E-state index contributed by atoms with van der Waals surface area (Å²) in [5.41, 5.74) is 0. The summed E-state index contributed by atoms with van der Waals surface area (Å²) < 4.78 is 0. The number of hydrogen-bond acceptors (Lipinski definition) is 5. The zero-order valence-electron chi connectivity index (χ0n) is 11.5. The quantitative estimate of drug-likeness (QED) is 0.743. The van der Waals surface area contributed by atoms with E-state index in [1.54, 1.807) is 0 Å². The molecule has 0 bridgehead atoms. The van der Waals surface area contributed by atoms with Gasteiger partial charge in [-0.05, 0) is 0 Å². The van der Waals surface area contributed by atoms with Gasteiger partial charge in [0, 0.05) is 12.5 Å². The van der Waals surface area contributed by atoms with Crippen LogP contribution in [0.4, 0.5) is 4.79 Å². The van der Waals surface area contributed by atoms with Gasteiger partial charge < -0.3 is 15.3 Å². The monoisotopic (exact) mass is 298 g/mol. The highest BCUT2D eigenvalue weighted by Crippen LogP contribution is 2.18. The molecule has 0 spiro atoms. The Labute approximate surface area is 121 Å². The average molecular weight is 298 g/mol. The van der Waals surface area contributed by atoms with E-state index in [9.17, 15) is 9.59 Å². The number of nitrogens with zero attached hydrogens (tertiary/aromatic N) is 3. The molecule has 20 heavy (non-hydrogen) atoms. The summed E-state index contributed by atoms with van der Waals surface area (Å²) >= 11 is 1.43. The molecular formula is C12H18N4O3S. The van der Waals surface area contributed by atoms with Gasteiger partial charge in [0.25, 0.3) is 0 Å². The van der Waals surface area contributed by atoms with E-state index in [0.29, 0.717) is 10.9 Å². The van der Waals surface area contributed by atoms with Crippen molar-refractivity contribution in [3.8, 4) is 0 Å². The van der Waals surface area contributed by atoms with Crippen molar-refractivity contribution >= 4 is 23.3 Å². The van der Waals surface area contributed by atoms with E-state index in [-0.39, 0.29) is 19.6 Å². The maximum Gasteiger partial charge on any atom is 0.323 e. The number of carbonyl (C=O) groups is 2. The largest absolute Gasteiger partial charge is 0.480 e. The third-order valence-corrected chi connectivity index (χ3v) is 3.55. The van der Waals surface area contributed by atoms with E-state index < -0.39 is 12.0 Å². The molecule has 0 fully saturated rings. The van der Waals surface area contributed by atoms with E-state index in [1.165, 1.54) is 17.4 Å². The maximum atomic E-state index is 11.8. The lowest BCUT2D eigenvalue weighted by molar-refractivity contribution is -0.137. The number of hydrogen-bond donors (Lipinski definition) is 2. The summed E-state index contributed by atoms with van der Waals surface area (Å²) in [5, 5.41) is 20.9. The molecule has 0 aromatic carbocycles. The van der Waals surface area contributed by atoms with Crippen LogP contribution in [0.25, 0.3) is 0 Å². The Balaban J connectivity index is 2.54.